The van der Waals surface area contributed by atoms with Crippen molar-refractivity contribution in [3.8, 4) is 11.5 Å². The number of hydrogen-bond donors (Lipinski definition) is 0. The van der Waals surface area contributed by atoms with Crippen LogP contribution in [0.4, 0.5) is 5.82 Å². The van der Waals surface area contributed by atoms with Gasteiger partial charge in [0.2, 0.25) is 0 Å². The van der Waals surface area contributed by atoms with Crippen LogP contribution < -0.4 is 14.4 Å². The fourth-order valence-corrected chi connectivity index (χ4v) is 2.10. The summed E-state index contributed by atoms with van der Waals surface area (Å²) in [5.74, 6) is 2.10. The number of nitrogens with zero attached hydrogens (tertiary/aromatic N) is 3. The lowest BCUT2D eigenvalue weighted by Crippen LogP contribution is -2.12. The number of aromatic nitrogens is 2. The number of fused-ring (bicyclic) bond motifs is 1. The van der Waals surface area contributed by atoms with Crippen molar-refractivity contribution in [3.05, 3.63) is 18.5 Å². The van der Waals surface area contributed by atoms with Crippen LogP contribution in [0, 0.1) is 0 Å². The molecule has 0 N–H and O–H groups in total. The molecule has 23 heavy (non-hydrogen) atoms. The highest BCUT2D eigenvalue weighted by molar-refractivity contribution is 5.91. The van der Waals surface area contributed by atoms with Gasteiger partial charge in [0, 0.05) is 39.8 Å². The van der Waals surface area contributed by atoms with Gasteiger partial charge in [-0.1, -0.05) is 0 Å². The van der Waals surface area contributed by atoms with E-state index in [0.717, 1.165) is 16.7 Å². The average molecular weight is 321 g/mol. The molecule has 0 atom stereocenters. The summed E-state index contributed by atoms with van der Waals surface area (Å²) in [7, 11) is 7.15. The van der Waals surface area contributed by atoms with E-state index in [-0.39, 0.29) is 0 Å². The summed E-state index contributed by atoms with van der Waals surface area (Å²) >= 11 is 0. The topological polar surface area (TPSA) is 65.9 Å². The first-order valence-electron chi connectivity index (χ1n) is 7.37. The summed E-state index contributed by atoms with van der Waals surface area (Å²) in [5, 5.41) is 0.906. The van der Waals surface area contributed by atoms with Gasteiger partial charge in [0.25, 0.3) is 0 Å². The molecule has 0 radical (unpaired) electrons. The van der Waals surface area contributed by atoms with E-state index in [1.807, 2.05) is 31.1 Å². The molecule has 2 aromatic rings. The van der Waals surface area contributed by atoms with Crippen LogP contribution in [-0.4, -0.2) is 64.7 Å². The number of benzene rings is 1. The minimum Gasteiger partial charge on any atom is -0.487 e. The Hall–Kier alpha value is -2.12. The molecular weight excluding hydrogens is 298 g/mol. The first-order valence-corrected chi connectivity index (χ1v) is 7.37. The summed E-state index contributed by atoms with van der Waals surface area (Å²) in [4.78, 5) is 10.6. The van der Waals surface area contributed by atoms with Gasteiger partial charge in [-0.05, 0) is 6.07 Å². The lowest BCUT2D eigenvalue weighted by molar-refractivity contribution is 0.132. The largest absolute Gasteiger partial charge is 0.487 e. The Morgan fingerprint density at radius 2 is 1.48 bits per heavy atom. The van der Waals surface area contributed by atoms with E-state index < -0.39 is 0 Å². The van der Waals surface area contributed by atoms with E-state index in [1.165, 1.54) is 0 Å². The lowest BCUT2D eigenvalue weighted by atomic mass is 10.2. The lowest BCUT2D eigenvalue weighted by Gasteiger charge is -2.17. The predicted octanol–water partition coefficient (Wildman–Crippen LogP) is 1.75. The third-order valence-electron chi connectivity index (χ3n) is 3.19. The highest BCUT2D eigenvalue weighted by atomic mass is 16.5. The van der Waals surface area contributed by atoms with Crippen molar-refractivity contribution >= 4 is 16.7 Å². The first-order chi connectivity index (χ1) is 11.2. The molecule has 2 rings (SSSR count). The Morgan fingerprint density at radius 3 is 2.04 bits per heavy atom. The molecule has 126 valence electrons. The second-order valence-electron chi connectivity index (χ2n) is 5.09. The highest BCUT2D eigenvalue weighted by Gasteiger charge is 2.13. The molecule has 0 saturated carbocycles. The summed E-state index contributed by atoms with van der Waals surface area (Å²) in [6, 6.07) is 3.77. The fraction of sp³-hybridized carbons (Fsp3) is 0.500. The minimum atomic E-state index is 0.438. The zero-order valence-electron chi connectivity index (χ0n) is 14.0. The van der Waals surface area contributed by atoms with Crippen molar-refractivity contribution in [1.82, 2.24) is 9.97 Å². The van der Waals surface area contributed by atoms with E-state index in [2.05, 4.69) is 9.97 Å². The molecule has 7 heteroatoms. The zero-order chi connectivity index (χ0) is 16.7. The summed E-state index contributed by atoms with van der Waals surface area (Å²) in [6.07, 6.45) is 1.54. The van der Waals surface area contributed by atoms with Crippen molar-refractivity contribution in [2.24, 2.45) is 0 Å². The van der Waals surface area contributed by atoms with Gasteiger partial charge in [-0.15, -0.1) is 0 Å². The molecule has 0 aliphatic rings. The molecule has 0 aliphatic heterocycles. The van der Waals surface area contributed by atoms with Crippen LogP contribution in [0.25, 0.3) is 10.9 Å². The van der Waals surface area contributed by atoms with Crippen LogP contribution in [0.1, 0.15) is 0 Å². The van der Waals surface area contributed by atoms with Crippen LogP contribution in [0.5, 0.6) is 11.5 Å². The molecule has 1 heterocycles. The van der Waals surface area contributed by atoms with Crippen LogP contribution in [0.3, 0.4) is 0 Å². The Bertz CT molecular complexity index is 634. The molecule has 1 aromatic carbocycles. The van der Waals surface area contributed by atoms with E-state index in [4.69, 9.17) is 18.9 Å². The van der Waals surface area contributed by atoms with Crippen molar-refractivity contribution in [2.45, 2.75) is 0 Å². The molecule has 0 fully saturated rings. The second-order valence-corrected chi connectivity index (χ2v) is 5.09. The Morgan fingerprint density at radius 1 is 0.870 bits per heavy atom. The average Bonchev–Trinajstić information content (AvgIpc) is 2.54. The Labute approximate surface area is 136 Å². The molecule has 0 unspecified atom stereocenters. The SMILES string of the molecule is COCCOc1cc2ncnc(N(C)C)c2cc1OCCOC. The molecule has 1 aromatic heterocycles. The quantitative estimate of drug-likeness (QED) is 0.652. The summed E-state index contributed by atoms with van der Waals surface area (Å²) < 4.78 is 21.6. The molecule has 0 bridgehead atoms. The number of rotatable bonds is 9. The van der Waals surface area contributed by atoms with Crippen LogP contribution in [0.15, 0.2) is 18.5 Å². The molecule has 0 amide bonds. The van der Waals surface area contributed by atoms with Gasteiger partial charge in [0.1, 0.15) is 25.4 Å². The number of hydrogen-bond acceptors (Lipinski definition) is 7. The smallest absolute Gasteiger partial charge is 0.163 e. The van der Waals surface area contributed by atoms with Crippen molar-refractivity contribution in [1.29, 1.82) is 0 Å². The van der Waals surface area contributed by atoms with Gasteiger partial charge in [-0.25, -0.2) is 9.97 Å². The van der Waals surface area contributed by atoms with Gasteiger partial charge in [0.15, 0.2) is 11.5 Å². The van der Waals surface area contributed by atoms with Crippen molar-refractivity contribution < 1.29 is 18.9 Å². The third-order valence-corrected chi connectivity index (χ3v) is 3.19. The highest BCUT2D eigenvalue weighted by Crippen LogP contribution is 2.34. The molecular formula is C16H23N3O4. The maximum absolute atomic E-state index is 5.79. The third kappa shape index (κ3) is 4.43. The van der Waals surface area contributed by atoms with E-state index in [0.29, 0.717) is 37.9 Å². The van der Waals surface area contributed by atoms with Gasteiger partial charge >= 0.3 is 0 Å². The van der Waals surface area contributed by atoms with Gasteiger partial charge in [0.05, 0.1) is 18.7 Å². The normalized spacial score (nSPS) is 10.8. The van der Waals surface area contributed by atoms with Gasteiger partial charge in [-0.2, -0.15) is 0 Å². The minimum absolute atomic E-state index is 0.438. The number of anilines is 1. The van der Waals surface area contributed by atoms with Crippen molar-refractivity contribution in [2.75, 3.05) is 59.6 Å². The monoisotopic (exact) mass is 321 g/mol. The Kier molecular flexibility index (Phi) is 6.37. The van der Waals surface area contributed by atoms with E-state index in [9.17, 15) is 0 Å². The zero-order valence-corrected chi connectivity index (χ0v) is 14.0. The molecule has 0 saturated heterocycles. The molecule has 0 spiro atoms. The Balaban J connectivity index is 2.38. The van der Waals surface area contributed by atoms with Crippen LogP contribution >= 0.6 is 0 Å². The fourth-order valence-electron chi connectivity index (χ4n) is 2.10. The van der Waals surface area contributed by atoms with E-state index in [1.54, 1.807) is 20.5 Å². The van der Waals surface area contributed by atoms with Crippen LogP contribution in [0.2, 0.25) is 0 Å². The summed E-state index contributed by atoms with van der Waals surface area (Å²) in [6.45, 7) is 1.88. The van der Waals surface area contributed by atoms with Crippen LogP contribution in [-0.2, 0) is 9.47 Å². The van der Waals surface area contributed by atoms with Gasteiger partial charge < -0.3 is 23.8 Å². The molecule has 7 nitrogen and oxygen atoms in total. The first kappa shape index (κ1) is 17.2. The predicted molar refractivity (Wildman–Crippen MR) is 88.6 cm³/mol. The van der Waals surface area contributed by atoms with Crippen molar-refractivity contribution in [3.63, 3.8) is 0 Å². The number of ether oxygens (including phenoxy) is 4. The number of methoxy groups -OCH3 is 2. The standard InChI is InChI=1S/C16H23N3O4/c1-19(2)16-12-9-14(22-7-5-20-3)15(23-8-6-21-4)10-13(12)17-11-18-16/h9-11H,5-8H2,1-4H3. The summed E-state index contributed by atoms with van der Waals surface area (Å²) in [5.41, 5.74) is 0.801. The van der Waals surface area contributed by atoms with E-state index >= 15 is 0 Å². The maximum atomic E-state index is 5.79. The second kappa shape index (κ2) is 8.50. The molecule has 0 aliphatic carbocycles. The maximum Gasteiger partial charge on any atom is 0.163 e. The van der Waals surface area contributed by atoms with Gasteiger partial charge in [-0.3, -0.25) is 0 Å².